The van der Waals surface area contributed by atoms with Gasteiger partial charge in [0.25, 0.3) is 5.56 Å². The molecular weight excluding hydrogens is 472 g/mol. The van der Waals surface area contributed by atoms with Gasteiger partial charge in [-0.15, -0.1) is 0 Å². The molecule has 0 radical (unpaired) electrons. The van der Waals surface area contributed by atoms with E-state index in [2.05, 4.69) is 15.0 Å². The molecular formula is C29H19ClN4O2. The summed E-state index contributed by atoms with van der Waals surface area (Å²) < 4.78 is 1.14. The lowest BCUT2D eigenvalue weighted by Crippen LogP contribution is -2.33. The van der Waals surface area contributed by atoms with Crippen molar-refractivity contribution in [2.45, 2.75) is 6.92 Å². The Morgan fingerprint density at radius 1 is 0.861 bits per heavy atom. The average molecular weight is 491 g/mol. The molecule has 1 N–H and O–H groups in total. The molecule has 3 aromatic heterocycles. The fourth-order valence-corrected chi connectivity index (χ4v) is 4.93. The zero-order valence-electron chi connectivity index (χ0n) is 19.2. The Kier molecular flexibility index (Phi) is 5.24. The third kappa shape index (κ3) is 3.59. The number of aryl methyl sites for hydroxylation is 1. The van der Waals surface area contributed by atoms with Gasteiger partial charge >= 0.3 is 5.69 Å². The summed E-state index contributed by atoms with van der Waals surface area (Å²) in [4.78, 5) is 38.1. The van der Waals surface area contributed by atoms with Gasteiger partial charge in [0.15, 0.2) is 0 Å². The van der Waals surface area contributed by atoms with Crippen LogP contribution in [0.25, 0.3) is 49.6 Å². The Bertz CT molecular complexity index is 1920. The van der Waals surface area contributed by atoms with Crippen LogP contribution in [0.15, 0.2) is 101 Å². The van der Waals surface area contributed by atoms with Gasteiger partial charge in [-0.2, -0.15) is 0 Å². The van der Waals surface area contributed by atoms with Crippen molar-refractivity contribution in [2.24, 2.45) is 0 Å². The minimum atomic E-state index is -0.535. The van der Waals surface area contributed by atoms with Gasteiger partial charge in [0.05, 0.1) is 22.8 Å². The highest BCUT2D eigenvalue weighted by Gasteiger charge is 2.16. The first-order valence-electron chi connectivity index (χ1n) is 11.4. The van der Waals surface area contributed by atoms with E-state index in [-0.39, 0.29) is 0 Å². The standard InChI is InChI=1S/C29H19ClN4O2/c1-17-13-18(11-12-32-17)22-7-4-8-24(30)27(22)19-9-10-23-25(14-19)33-29(36)34(28(23)35)26-16-31-15-20-5-2-3-6-21(20)26/h2-16H,1H3,(H,33,36). The normalized spacial score (nSPS) is 11.3. The largest absolute Gasteiger partial charge is 0.333 e. The molecule has 0 saturated carbocycles. The van der Waals surface area contributed by atoms with Crippen molar-refractivity contribution in [3.05, 3.63) is 123 Å². The molecule has 0 fully saturated rings. The van der Waals surface area contributed by atoms with Gasteiger partial charge in [-0.25, -0.2) is 9.36 Å². The van der Waals surface area contributed by atoms with Gasteiger partial charge in [0.1, 0.15) is 0 Å². The molecule has 6 aromatic rings. The van der Waals surface area contributed by atoms with Crippen LogP contribution in [-0.2, 0) is 0 Å². The van der Waals surface area contributed by atoms with E-state index in [0.717, 1.165) is 43.3 Å². The van der Waals surface area contributed by atoms with Crippen molar-refractivity contribution < 1.29 is 0 Å². The summed E-state index contributed by atoms with van der Waals surface area (Å²) in [6, 6.07) is 22.5. The molecule has 6 nitrogen and oxygen atoms in total. The third-order valence-corrected chi connectivity index (χ3v) is 6.61. The van der Waals surface area contributed by atoms with E-state index in [1.54, 1.807) is 24.5 Å². The quantitative estimate of drug-likeness (QED) is 0.334. The molecule has 0 bridgehead atoms. The Hall–Kier alpha value is -4.55. The molecule has 36 heavy (non-hydrogen) atoms. The maximum absolute atomic E-state index is 13.5. The van der Waals surface area contributed by atoms with Crippen LogP contribution in [0, 0.1) is 6.92 Å². The highest BCUT2D eigenvalue weighted by atomic mass is 35.5. The summed E-state index contributed by atoms with van der Waals surface area (Å²) in [5.74, 6) is 0. The van der Waals surface area contributed by atoms with Crippen LogP contribution in [0.1, 0.15) is 5.69 Å². The predicted octanol–water partition coefficient (Wildman–Crippen LogP) is 5.92. The van der Waals surface area contributed by atoms with E-state index >= 15 is 0 Å². The second-order valence-electron chi connectivity index (χ2n) is 8.56. The molecule has 0 spiro atoms. The van der Waals surface area contributed by atoms with Gasteiger partial charge in [0, 0.05) is 39.4 Å². The number of benzene rings is 3. The average Bonchev–Trinajstić information content (AvgIpc) is 2.88. The number of rotatable bonds is 3. The predicted molar refractivity (Wildman–Crippen MR) is 144 cm³/mol. The maximum atomic E-state index is 13.5. The first-order chi connectivity index (χ1) is 17.5. The highest BCUT2D eigenvalue weighted by Crippen LogP contribution is 2.38. The minimum Gasteiger partial charge on any atom is -0.306 e. The summed E-state index contributed by atoms with van der Waals surface area (Å²) in [5, 5.41) is 2.57. The van der Waals surface area contributed by atoms with Crippen molar-refractivity contribution in [1.29, 1.82) is 0 Å². The summed E-state index contributed by atoms with van der Waals surface area (Å²) in [7, 11) is 0. The van der Waals surface area contributed by atoms with Crippen LogP contribution in [0.4, 0.5) is 0 Å². The lowest BCUT2D eigenvalue weighted by atomic mass is 9.94. The number of halogens is 1. The molecule has 174 valence electrons. The molecule has 6 rings (SSSR count). The number of hydrogen-bond acceptors (Lipinski definition) is 4. The monoisotopic (exact) mass is 490 g/mol. The van der Waals surface area contributed by atoms with Gasteiger partial charge in [-0.1, -0.05) is 54.1 Å². The summed E-state index contributed by atoms with van der Waals surface area (Å²) in [6.45, 7) is 1.94. The highest BCUT2D eigenvalue weighted by molar-refractivity contribution is 6.34. The van der Waals surface area contributed by atoms with E-state index in [4.69, 9.17) is 11.6 Å². The number of pyridine rings is 2. The third-order valence-electron chi connectivity index (χ3n) is 6.30. The van der Waals surface area contributed by atoms with E-state index in [9.17, 15) is 9.59 Å². The smallest absolute Gasteiger partial charge is 0.306 e. The second kappa shape index (κ2) is 8.59. The number of nitrogens with zero attached hydrogens (tertiary/aromatic N) is 3. The number of H-pyrrole nitrogens is 1. The zero-order chi connectivity index (χ0) is 24.8. The Morgan fingerprint density at radius 3 is 2.58 bits per heavy atom. The SMILES string of the molecule is Cc1cc(-c2cccc(Cl)c2-c2ccc3c(=O)n(-c4cncc5ccccc45)c(=O)[nH]c3c2)ccn1. The molecule has 0 atom stereocenters. The molecule has 3 aromatic carbocycles. The van der Waals surface area contributed by atoms with Gasteiger partial charge < -0.3 is 4.98 Å². The number of aromatic nitrogens is 4. The first kappa shape index (κ1) is 21.9. The van der Waals surface area contributed by atoms with E-state index in [1.807, 2.05) is 67.6 Å². The summed E-state index contributed by atoms with van der Waals surface area (Å²) >= 11 is 6.67. The molecule has 0 unspecified atom stereocenters. The van der Waals surface area contributed by atoms with Crippen molar-refractivity contribution in [3.8, 4) is 27.9 Å². The maximum Gasteiger partial charge on any atom is 0.333 e. The number of nitrogens with one attached hydrogen (secondary N) is 1. The van der Waals surface area contributed by atoms with Crippen LogP contribution in [0.3, 0.4) is 0 Å². The van der Waals surface area contributed by atoms with Crippen LogP contribution >= 0.6 is 11.6 Å². The van der Waals surface area contributed by atoms with E-state index in [1.165, 1.54) is 6.20 Å². The number of aromatic amines is 1. The van der Waals surface area contributed by atoms with Gasteiger partial charge in [-0.05, 0) is 53.9 Å². The lowest BCUT2D eigenvalue weighted by molar-refractivity contribution is 0.902. The van der Waals surface area contributed by atoms with Crippen molar-refractivity contribution in [1.82, 2.24) is 19.5 Å². The Balaban J connectivity index is 1.57. The van der Waals surface area contributed by atoms with Crippen molar-refractivity contribution in [2.75, 3.05) is 0 Å². The fraction of sp³-hybridized carbons (Fsp3) is 0.0345. The van der Waals surface area contributed by atoms with Crippen LogP contribution in [0.2, 0.25) is 5.02 Å². The Morgan fingerprint density at radius 2 is 1.72 bits per heavy atom. The molecule has 0 aliphatic rings. The molecule has 0 aliphatic heterocycles. The minimum absolute atomic E-state index is 0.389. The molecule has 7 heteroatoms. The van der Waals surface area contributed by atoms with E-state index in [0.29, 0.717) is 21.6 Å². The van der Waals surface area contributed by atoms with Crippen LogP contribution < -0.4 is 11.2 Å². The Labute approximate surface area is 210 Å². The van der Waals surface area contributed by atoms with Crippen molar-refractivity contribution >= 4 is 33.3 Å². The van der Waals surface area contributed by atoms with Gasteiger partial charge in [0.2, 0.25) is 0 Å². The zero-order valence-corrected chi connectivity index (χ0v) is 20.0. The van der Waals surface area contributed by atoms with Crippen LogP contribution in [0.5, 0.6) is 0 Å². The molecule has 0 amide bonds. The number of hydrogen-bond donors (Lipinski definition) is 1. The second-order valence-corrected chi connectivity index (χ2v) is 8.97. The molecule has 3 heterocycles. The first-order valence-corrected chi connectivity index (χ1v) is 11.7. The topological polar surface area (TPSA) is 80.6 Å². The molecule has 0 aliphatic carbocycles. The van der Waals surface area contributed by atoms with Crippen LogP contribution in [-0.4, -0.2) is 19.5 Å². The summed E-state index contributed by atoms with van der Waals surface area (Å²) in [6.07, 6.45) is 5.00. The molecule has 0 saturated heterocycles. The van der Waals surface area contributed by atoms with Crippen molar-refractivity contribution in [3.63, 3.8) is 0 Å². The van der Waals surface area contributed by atoms with Gasteiger partial charge in [-0.3, -0.25) is 14.8 Å². The number of fused-ring (bicyclic) bond motifs is 2. The summed E-state index contributed by atoms with van der Waals surface area (Å²) in [5.41, 5.74) is 4.33. The fourth-order valence-electron chi connectivity index (χ4n) is 4.64. The lowest BCUT2D eigenvalue weighted by Gasteiger charge is -2.14. The van der Waals surface area contributed by atoms with E-state index < -0.39 is 11.2 Å².